The first-order valence-corrected chi connectivity index (χ1v) is 5.83. The van der Waals surface area contributed by atoms with Crippen LogP contribution >= 0.6 is 0 Å². The average Bonchev–Trinajstić information content (AvgIpc) is 2.26. The molecule has 0 fully saturated rings. The minimum absolute atomic E-state index is 0.139. The number of nitrogens with two attached hydrogens (primary N) is 1. The maximum Gasteiger partial charge on any atom is 0.416 e. The summed E-state index contributed by atoms with van der Waals surface area (Å²) in [4.78, 5) is 0. The van der Waals surface area contributed by atoms with Crippen LogP contribution in [0.4, 0.5) is 18.9 Å². The summed E-state index contributed by atoms with van der Waals surface area (Å²) in [7, 11) is 0. The first kappa shape index (κ1) is 13.5. The molecule has 2 rings (SSSR count). The number of nitrogen functional groups attached to an aromatic ring is 1. The third-order valence-electron chi connectivity index (χ3n) is 2.91. The zero-order valence-corrected chi connectivity index (χ0v) is 10.7. The van der Waals surface area contributed by atoms with Crippen molar-refractivity contribution < 1.29 is 13.2 Å². The molecule has 0 atom stereocenters. The van der Waals surface area contributed by atoms with Crippen molar-refractivity contribution in [1.82, 2.24) is 0 Å². The highest BCUT2D eigenvalue weighted by atomic mass is 19.4. The minimum Gasteiger partial charge on any atom is -0.398 e. The number of hydrogen-bond donors (Lipinski definition) is 1. The molecule has 0 aliphatic carbocycles. The monoisotopic (exact) mass is 265 g/mol. The Kier molecular flexibility index (Phi) is 3.27. The predicted molar refractivity (Wildman–Crippen MR) is 70.8 cm³/mol. The lowest BCUT2D eigenvalue weighted by Gasteiger charge is -2.12. The van der Waals surface area contributed by atoms with E-state index in [-0.39, 0.29) is 5.69 Å². The van der Waals surface area contributed by atoms with E-state index in [0.29, 0.717) is 5.56 Å². The summed E-state index contributed by atoms with van der Waals surface area (Å²) in [6, 6.07) is 9.28. The Morgan fingerprint density at radius 2 is 1.47 bits per heavy atom. The van der Waals surface area contributed by atoms with Crippen molar-refractivity contribution in [3.05, 3.63) is 53.1 Å². The molecule has 0 radical (unpaired) electrons. The predicted octanol–water partition coefficient (Wildman–Crippen LogP) is 4.57. The van der Waals surface area contributed by atoms with E-state index in [2.05, 4.69) is 0 Å². The second-order valence-corrected chi connectivity index (χ2v) is 4.68. The van der Waals surface area contributed by atoms with E-state index < -0.39 is 11.7 Å². The molecule has 0 aliphatic rings. The Morgan fingerprint density at radius 1 is 0.895 bits per heavy atom. The van der Waals surface area contributed by atoms with Gasteiger partial charge >= 0.3 is 6.18 Å². The van der Waals surface area contributed by atoms with E-state index >= 15 is 0 Å². The molecular weight excluding hydrogens is 251 g/mol. The van der Waals surface area contributed by atoms with Crippen LogP contribution in [0.2, 0.25) is 0 Å². The highest BCUT2D eigenvalue weighted by Gasteiger charge is 2.30. The van der Waals surface area contributed by atoms with Gasteiger partial charge in [0.25, 0.3) is 0 Å². The van der Waals surface area contributed by atoms with E-state index in [9.17, 15) is 13.2 Å². The van der Waals surface area contributed by atoms with Gasteiger partial charge < -0.3 is 5.73 Å². The molecule has 2 aromatic rings. The van der Waals surface area contributed by atoms with E-state index in [0.717, 1.165) is 28.8 Å². The van der Waals surface area contributed by atoms with Crippen molar-refractivity contribution in [2.75, 3.05) is 5.73 Å². The molecule has 2 aromatic carbocycles. The summed E-state index contributed by atoms with van der Waals surface area (Å²) in [6.45, 7) is 3.88. The standard InChI is InChI=1S/C15H14F3N/c1-9-5-10(2)7-11(6-9)13-4-3-12(8-14(13)19)15(16,17)18/h3-8H,19H2,1-2H3. The molecule has 0 saturated carbocycles. The fourth-order valence-corrected chi connectivity index (χ4v) is 2.13. The lowest BCUT2D eigenvalue weighted by atomic mass is 9.98. The quantitative estimate of drug-likeness (QED) is 0.751. The number of anilines is 1. The summed E-state index contributed by atoms with van der Waals surface area (Å²) < 4.78 is 37.7. The van der Waals surface area contributed by atoms with Crippen molar-refractivity contribution in [3.63, 3.8) is 0 Å². The number of halogens is 3. The van der Waals surface area contributed by atoms with Gasteiger partial charge in [0.05, 0.1) is 5.56 Å². The minimum atomic E-state index is -4.37. The third-order valence-corrected chi connectivity index (χ3v) is 2.91. The SMILES string of the molecule is Cc1cc(C)cc(-c2ccc(C(F)(F)F)cc2N)c1. The fraction of sp³-hybridized carbons (Fsp3) is 0.200. The highest BCUT2D eigenvalue weighted by molar-refractivity contribution is 5.77. The summed E-state index contributed by atoms with van der Waals surface area (Å²) in [6.07, 6.45) is -4.37. The number of rotatable bonds is 1. The van der Waals surface area contributed by atoms with E-state index in [1.807, 2.05) is 32.0 Å². The van der Waals surface area contributed by atoms with Gasteiger partial charge in [0.1, 0.15) is 0 Å². The van der Waals surface area contributed by atoms with Gasteiger partial charge in [-0.3, -0.25) is 0 Å². The molecule has 0 saturated heterocycles. The van der Waals surface area contributed by atoms with Crippen LogP contribution in [0.3, 0.4) is 0 Å². The molecule has 0 aromatic heterocycles. The molecule has 0 aliphatic heterocycles. The van der Waals surface area contributed by atoms with Crippen molar-refractivity contribution >= 4 is 5.69 Å². The molecule has 4 heteroatoms. The summed E-state index contributed by atoms with van der Waals surface area (Å²) in [5.74, 6) is 0. The van der Waals surface area contributed by atoms with Crippen LogP contribution in [0.5, 0.6) is 0 Å². The Morgan fingerprint density at radius 3 is 1.95 bits per heavy atom. The second-order valence-electron chi connectivity index (χ2n) is 4.68. The number of alkyl halides is 3. The maximum atomic E-state index is 12.6. The van der Waals surface area contributed by atoms with Crippen molar-refractivity contribution in [2.45, 2.75) is 20.0 Å². The zero-order valence-electron chi connectivity index (χ0n) is 10.7. The molecule has 19 heavy (non-hydrogen) atoms. The van der Waals surface area contributed by atoms with Crippen molar-refractivity contribution in [1.29, 1.82) is 0 Å². The van der Waals surface area contributed by atoms with Gasteiger partial charge in [0, 0.05) is 11.3 Å². The molecule has 1 nitrogen and oxygen atoms in total. The van der Waals surface area contributed by atoms with Gasteiger partial charge in [0.15, 0.2) is 0 Å². The molecular formula is C15H14F3N. The smallest absolute Gasteiger partial charge is 0.398 e. The topological polar surface area (TPSA) is 26.0 Å². The molecule has 0 heterocycles. The van der Waals surface area contributed by atoms with Gasteiger partial charge in [-0.25, -0.2) is 0 Å². The molecule has 0 bridgehead atoms. The molecule has 2 N–H and O–H groups in total. The van der Waals surface area contributed by atoms with Crippen LogP contribution in [0.15, 0.2) is 36.4 Å². The summed E-state index contributed by atoms with van der Waals surface area (Å²) in [5, 5.41) is 0. The highest BCUT2D eigenvalue weighted by Crippen LogP contribution is 2.35. The van der Waals surface area contributed by atoms with Crippen LogP contribution in [0.1, 0.15) is 16.7 Å². The number of hydrogen-bond acceptors (Lipinski definition) is 1. The molecule has 0 unspecified atom stereocenters. The van der Waals surface area contributed by atoms with Gasteiger partial charge in [-0.2, -0.15) is 13.2 Å². The number of aryl methyl sites for hydroxylation is 2. The fourth-order valence-electron chi connectivity index (χ4n) is 2.13. The van der Waals surface area contributed by atoms with Crippen molar-refractivity contribution in [2.24, 2.45) is 0 Å². The Labute approximate surface area is 109 Å². The third kappa shape index (κ3) is 2.89. The summed E-state index contributed by atoms with van der Waals surface area (Å²) >= 11 is 0. The first-order chi connectivity index (χ1) is 8.77. The summed E-state index contributed by atoms with van der Waals surface area (Å²) in [5.41, 5.74) is 8.73. The van der Waals surface area contributed by atoms with E-state index in [1.165, 1.54) is 6.07 Å². The largest absolute Gasteiger partial charge is 0.416 e. The second kappa shape index (κ2) is 4.61. The van der Waals surface area contributed by atoms with Crippen LogP contribution in [0, 0.1) is 13.8 Å². The van der Waals surface area contributed by atoms with E-state index in [1.54, 1.807) is 0 Å². The zero-order chi connectivity index (χ0) is 14.2. The Bertz CT molecular complexity index is 595. The van der Waals surface area contributed by atoms with Crippen LogP contribution < -0.4 is 5.73 Å². The Hall–Kier alpha value is -1.97. The lowest BCUT2D eigenvalue weighted by molar-refractivity contribution is -0.137. The normalized spacial score (nSPS) is 11.6. The van der Waals surface area contributed by atoms with Crippen molar-refractivity contribution in [3.8, 4) is 11.1 Å². The van der Waals surface area contributed by atoms with Gasteiger partial charge in [0.2, 0.25) is 0 Å². The van der Waals surface area contributed by atoms with Gasteiger partial charge in [-0.1, -0.05) is 35.4 Å². The maximum absolute atomic E-state index is 12.6. The molecule has 0 amide bonds. The molecule has 100 valence electrons. The number of benzene rings is 2. The van der Waals surface area contributed by atoms with Gasteiger partial charge in [-0.15, -0.1) is 0 Å². The molecule has 0 spiro atoms. The average molecular weight is 265 g/mol. The lowest BCUT2D eigenvalue weighted by Crippen LogP contribution is -2.06. The van der Waals surface area contributed by atoms with E-state index in [4.69, 9.17) is 5.73 Å². The Balaban J connectivity index is 2.52. The van der Waals surface area contributed by atoms with Crippen LogP contribution in [0.25, 0.3) is 11.1 Å². The van der Waals surface area contributed by atoms with Crippen LogP contribution in [-0.2, 0) is 6.18 Å². The first-order valence-electron chi connectivity index (χ1n) is 5.83. The van der Waals surface area contributed by atoms with Crippen LogP contribution in [-0.4, -0.2) is 0 Å². The van der Waals surface area contributed by atoms with Gasteiger partial charge in [-0.05, 0) is 31.5 Å².